The van der Waals surface area contributed by atoms with Gasteiger partial charge in [-0.3, -0.25) is 4.79 Å². The minimum Gasteiger partial charge on any atom is -0.339 e. The monoisotopic (exact) mass is 372 g/mol. The van der Waals surface area contributed by atoms with Gasteiger partial charge >= 0.3 is 0 Å². The van der Waals surface area contributed by atoms with E-state index in [1.165, 1.54) is 4.31 Å². The van der Waals surface area contributed by atoms with Crippen molar-refractivity contribution >= 4 is 27.5 Å². The van der Waals surface area contributed by atoms with Crippen molar-refractivity contribution < 1.29 is 13.2 Å². The van der Waals surface area contributed by atoms with Gasteiger partial charge in [-0.2, -0.15) is 0 Å². The predicted octanol–water partition coefficient (Wildman–Crippen LogP) is 2.92. The summed E-state index contributed by atoms with van der Waals surface area (Å²) in [6.45, 7) is 4.48. The summed E-state index contributed by atoms with van der Waals surface area (Å²) in [5.74, 6) is 0.0677. The minimum absolute atomic E-state index is 0.0489. The van der Waals surface area contributed by atoms with Gasteiger partial charge in [-0.05, 0) is 44.4 Å². The zero-order valence-corrected chi connectivity index (χ0v) is 16.0. The first-order valence-corrected chi connectivity index (χ1v) is 10.2. The highest BCUT2D eigenvalue weighted by Crippen LogP contribution is 2.26. The molecule has 1 saturated heterocycles. The van der Waals surface area contributed by atoms with Crippen LogP contribution in [-0.4, -0.2) is 49.4 Å². The molecule has 7 heteroatoms. The fourth-order valence-corrected chi connectivity index (χ4v) is 4.27. The van der Waals surface area contributed by atoms with Crippen molar-refractivity contribution in [3.63, 3.8) is 0 Å². The summed E-state index contributed by atoms with van der Waals surface area (Å²) in [5.41, 5.74) is 1.03. The van der Waals surface area contributed by atoms with Crippen LogP contribution >= 0.6 is 11.6 Å². The van der Waals surface area contributed by atoms with E-state index in [4.69, 9.17) is 11.6 Å². The summed E-state index contributed by atoms with van der Waals surface area (Å²) in [6.07, 6.45) is 1.16. The zero-order chi connectivity index (χ0) is 17.9. The van der Waals surface area contributed by atoms with Gasteiger partial charge in [-0.15, -0.1) is 0 Å². The molecule has 24 heavy (non-hydrogen) atoms. The van der Waals surface area contributed by atoms with Gasteiger partial charge < -0.3 is 4.90 Å². The highest BCUT2D eigenvalue weighted by atomic mass is 35.5. The summed E-state index contributed by atoms with van der Waals surface area (Å²) in [5, 5.41) is 0.671. The van der Waals surface area contributed by atoms with Crippen LogP contribution in [0.3, 0.4) is 0 Å². The number of nitrogens with zero attached hydrogens (tertiary/aromatic N) is 2. The van der Waals surface area contributed by atoms with Crippen LogP contribution < -0.4 is 0 Å². The highest BCUT2D eigenvalue weighted by molar-refractivity contribution is 7.89. The second kappa shape index (κ2) is 7.85. The van der Waals surface area contributed by atoms with Crippen molar-refractivity contribution in [3.8, 4) is 0 Å². The molecule has 0 bridgehead atoms. The topological polar surface area (TPSA) is 57.7 Å². The molecular weight excluding hydrogens is 348 g/mol. The second-order valence-corrected chi connectivity index (χ2v) is 8.94. The molecule has 1 aliphatic heterocycles. The maximum Gasteiger partial charge on any atom is 0.226 e. The van der Waals surface area contributed by atoms with Gasteiger partial charge in [0.15, 0.2) is 0 Å². The van der Waals surface area contributed by atoms with E-state index in [2.05, 4.69) is 0 Å². The number of halogens is 1. The molecule has 1 aromatic rings. The summed E-state index contributed by atoms with van der Waals surface area (Å²) >= 11 is 5.91. The van der Waals surface area contributed by atoms with Crippen molar-refractivity contribution in [2.24, 2.45) is 5.92 Å². The van der Waals surface area contributed by atoms with Gasteiger partial charge in [0.1, 0.15) is 0 Å². The zero-order valence-electron chi connectivity index (χ0n) is 14.4. The first kappa shape index (κ1) is 19.2. The van der Waals surface area contributed by atoms with Gasteiger partial charge in [0.25, 0.3) is 0 Å². The summed E-state index contributed by atoms with van der Waals surface area (Å²) in [7, 11) is -1.36. The maximum absolute atomic E-state index is 12.7. The molecule has 0 spiro atoms. The summed E-state index contributed by atoms with van der Waals surface area (Å²) in [6, 6.07) is 7.44. The van der Waals surface area contributed by atoms with Crippen LogP contribution in [0.1, 0.15) is 38.3 Å². The van der Waals surface area contributed by atoms with E-state index in [1.54, 1.807) is 18.9 Å². The smallest absolute Gasteiger partial charge is 0.226 e. The van der Waals surface area contributed by atoms with Gasteiger partial charge in [-0.25, -0.2) is 12.7 Å². The second-order valence-electron chi connectivity index (χ2n) is 6.25. The Balaban J connectivity index is 1.98. The van der Waals surface area contributed by atoms with Crippen LogP contribution in [0, 0.1) is 5.92 Å². The number of hydrogen-bond acceptors (Lipinski definition) is 3. The Morgan fingerprint density at radius 1 is 1.29 bits per heavy atom. The quantitative estimate of drug-likeness (QED) is 0.798. The predicted molar refractivity (Wildman–Crippen MR) is 96.4 cm³/mol. The Bertz CT molecular complexity index is 668. The summed E-state index contributed by atoms with van der Waals surface area (Å²) in [4.78, 5) is 14.5. The fourth-order valence-electron chi connectivity index (χ4n) is 3.01. The van der Waals surface area contributed by atoms with Crippen molar-refractivity contribution in [2.75, 3.05) is 25.9 Å². The average molecular weight is 373 g/mol. The molecule has 1 aromatic carbocycles. The molecule has 134 valence electrons. The van der Waals surface area contributed by atoms with E-state index in [-0.39, 0.29) is 23.6 Å². The maximum atomic E-state index is 12.7. The molecule has 0 aliphatic carbocycles. The third kappa shape index (κ3) is 4.29. The van der Waals surface area contributed by atoms with E-state index >= 15 is 0 Å². The molecule has 1 aliphatic rings. The molecule has 5 nitrogen and oxygen atoms in total. The van der Waals surface area contributed by atoms with Crippen LogP contribution in [0.2, 0.25) is 5.02 Å². The average Bonchev–Trinajstić information content (AvgIpc) is 2.60. The Morgan fingerprint density at radius 2 is 1.83 bits per heavy atom. The van der Waals surface area contributed by atoms with Gasteiger partial charge in [0, 0.05) is 31.1 Å². The number of hydrogen-bond donors (Lipinski definition) is 0. The number of sulfonamides is 1. The van der Waals surface area contributed by atoms with E-state index < -0.39 is 10.0 Å². The molecule has 1 atom stereocenters. The molecule has 0 aromatic heterocycles. The van der Waals surface area contributed by atoms with Crippen LogP contribution in [-0.2, 0) is 14.8 Å². The van der Waals surface area contributed by atoms with Crippen LogP contribution in [0.4, 0.5) is 0 Å². The SMILES string of the molecule is CCS(=O)(=O)N1CCC(C(=O)N(C)C(C)c2ccc(Cl)cc2)CC1. The minimum atomic E-state index is -3.16. The van der Waals surface area contributed by atoms with E-state index in [0.717, 1.165) is 5.56 Å². The number of carbonyl (C=O) groups is 1. The highest BCUT2D eigenvalue weighted by Gasteiger charge is 2.32. The Kier molecular flexibility index (Phi) is 6.28. The molecule has 1 heterocycles. The Labute approximate surface area is 149 Å². The Morgan fingerprint density at radius 3 is 2.33 bits per heavy atom. The fraction of sp³-hybridized carbons (Fsp3) is 0.588. The number of amides is 1. The van der Waals surface area contributed by atoms with Crippen molar-refractivity contribution in [1.29, 1.82) is 0 Å². The van der Waals surface area contributed by atoms with Crippen LogP contribution in [0.15, 0.2) is 24.3 Å². The number of rotatable bonds is 5. The normalized spacial score (nSPS) is 18.3. The standard InChI is InChI=1S/C17H25ClN2O3S/c1-4-24(22,23)20-11-9-15(10-12-20)17(21)19(3)13(2)14-5-7-16(18)8-6-14/h5-8,13,15H,4,9-12H2,1-3H3. The largest absolute Gasteiger partial charge is 0.339 e. The lowest BCUT2D eigenvalue weighted by Crippen LogP contribution is -2.44. The molecule has 1 unspecified atom stereocenters. The van der Waals surface area contributed by atoms with Gasteiger partial charge in [0.05, 0.1) is 11.8 Å². The van der Waals surface area contributed by atoms with Gasteiger partial charge in [0.2, 0.25) is 15.9 Å². The summed E-state index contributed by atoms with van der Waals surface area (Å²) < 4.78 is 25.3. The molecule has 0 saturated carbocycles. The Hall–Kier alpha value is -1.11. The lowest BCUT2D eigenvalue weighted by molar-refractivity contribution is -0.137. The van der Waals surface area contributed by atoms with E-state index in [1.807, 2.05) is 31.2 Å². The molecule has 1 fully saturated rings. The molecular formula is C17H25ClN2O3S. The lowest BCUT2D eigenvalue weighted by atomic mass is 9.95. The number of benzene rings is 1. The lowest BCUT2D eigenvalue weighted by Gasteiger charge is -2.34. The first-order valence-electron chi connectivity index (χ1n) is 8.26. The van der Waals surface area contributed by atoms with E-state index in [0.29, 0.717) is 31.0 Å². The third-order valence-corrected chi connectivity index (χ3v) is 6.98. The van der Waals surface area contributed by atoms with Crippen LogP contribution in [0.25, 0.3) is 0 Å². The van der Waals surface area contributed by atoms with Crippen molar-refractivity contribution in [3.05, 3.63) is 34.9 Å². The molecule has 1 amide bonds. The number of piperidine rings is 1. The van der Waals surface area contributed by atoms with Crippen LogP contribution in [0.5, 0.6) is 0 Å². The van der Waals surface area contributed by atoms with Crippen molar-refractivity contribution in [1.82, 2.24) is 9.21 Å². The van der Waals surface area contributed by atoms with Crippen molar-refractivity contribution in [2.45, 2.75) is 32.7 Å². The number of carbonyl (C=O) groups excluding carboxylic acids is 1. The molecule has 0 radical (unpaired) electrons. The van der Waals surface area contributed by atoms with E-state index in [9.17, 15) is 13.2 Å². The first-order chi connectivity index (χ1) is 11.3. The third-order valence-electron chi connectivity index (χ3n) is 4.84. The molecule has 2 rings (SSSR count). The molecule has 0 N–H and O–H groups in total. The van der Waals surface area contributed by atoms with Gasteiger partial charge in [-0.1, -0.05) is 23.7 Å².